The van der Waals surface area contributed by atoms with Crippen molar-refractivity contribution in [3.8, 4) is 16.9 Å². The molecule has 1 heterocycles. The van der Waals surface area contributed by atoms with E-state index in [1.807, 2.05) is 24.3 Å². The maximum atomic E-state index is 12.4. The maximum absolute atomic E-state index is 12.4. The molecule has 6 heteroatoms. The van der Waals surface area contributed by atoms with E-state index in [2.05, 4.69) is 36.5 Å². The molecule has 0 saturated carbocycles. The molecule has 0 aliphatic heterocycles. The van der Waals surface area contributed by atoms with Crippen LogP contribution in [-0.2, 0) is 22.4 Å². The minimum absolute atomic E-state index is 0.132. The molecule has 30 heavy (non-hydrogen) atoms. The molecule has 4 rings (SSSR count). The molecule has 0 unspecified atom stereocenters. The number of carbonyl (C=O) groups excluding carboxylic acids is 2. The first kappa shape index (κ1) is 20.2. The number of fused-ring (bicyclic) bond motifs is 1. The van der Waals surface area contributed by atoms with E-state index in [9.17, 15) is 9.59 Å². The summed E-state index contributed by atoms with van der Waals surface area (Å²) >= 11 is 1.45. The van der Waals surface area contributed by atoms with Gasteiger partial charge in [0.2, 0.25) is 0 Å². The average Bonchev–Trinajstić information content (AvgIpc) is 3.33. The number of aryl methyl sites for hydroxylation is 2. The van der Waals surface area contributed by atoms with E-state index < -0.39 is 5.97 Å². The lowest BCUT2D eigenvalue weighted by molar-refractivity contribution is -0.118. The van der Waals surface area contributed by atoms with E-state index in [4.69, 9.17) is 9.47 Å². The predicted molar refractivity (Wildman–Crippen MR) is 118 cm³/mol. The molecule has 1 aliphatic carbocycles. The highest BCUT2D eigenvalue weighted by atomic mass is 32.1. The van der Waals surface area contributed by atoms with Crippen LogP contribution < -0.4 is 10.1 Å². The number of rotatable bonds is 6. The fourth-order valence-corrected chi connectivity index (χ4v) is 4.91. The summed E-state index contributed by atoms with van der Waals surface area (Å²) in [5.41, 5.74) is 4.94. The van der Waals surface area contributed by atoms with Gasteiger partial charge in [0, 0.05) is 4.88 Å². The molecule has 0 fully saturated rings. The average molecular weight is 422 g/mol. The largest absolute Gasteiger partial charge is 0.484 e. The van der Waals surface area contributed by atoms with Crippen LogP contribution in [0.2, 0.25) is 0 Å². The smallest absolute Gasteiger partial charge is 0.341 e. The van der Waals surface area contributed by atoms with Crippen molar-refractivity contribution in [1.82, 2.24) is 0 Å². The molecule has 0 spiro atoms. The van der Waals surface area contributed by atoms with Gasteiger partial charge in [-0.15, -0.1) is 11.3 Å². The number of benzene rings is 2. The Morgan fingerprint density at radius 3 is 2.33 bits per heavy atom. The first-order valence-electron chi connectivity index (χ1n) is 9.88. The number of methoxy groups -OCH3 is 1. The van der Waals surface area contributed by atoms with Crippen LogP contribution in [0, 0.1) is 6.92 Å². The normalized spacial score (nSPS) is 12.3. The van der Waals surface area contributed by atoms with E-state index in [0.717, 1.165) is 40.8 Å². The van der Waals surface area contributed by atoms with Crippen LogP contribution in [-0.4, -0.2) is 25.6 Å². The number of hydrogen-bond donors (Lipinski definition) is 1. The summed E-state index contributed by atoms with van der Waals surface area (Å²) < 4.78 is 10.5. The summed E-state index contributed by atoms with van der Waals surface area (Å²) in [6.07, 6.45) is 2.81. The lowest BCUT2D eigenvalue weighted by atomic mass is 10.0. The molecule has 5 nitrogen and oxygen atoms in total. The van der Waals surface area contributed by atoms with Crippen molar-refractivity contribution in [2.45, 2.75) is 26.2 Å². The van der Waals surface area contributed by atoms with Crippen molar-refractivity contribution < 1.29 is 19.1 Å². The second-order valence-electron chi connectivity index (χ2n) is 7.28. The summed E-state index contributed by atoms with van der Waals surface area (Å²) in [5.74, 6) is -0.0946. The van der Waals surface area contributed by atoms with Crippen molar-refractivity contribution in [2.24, 2.45) is 0 Å². The summed E-state index contributed by atoms with van der Waals surface area (Å²) in [7, 11) is 1.36. The van der Waals surface area contributed by atoms with Gasteiger partial charge in [-0.05, 0) is 55.0 Å². The fourth-order valence-electron chi connectivity index (χ4n) is 3.61. The second kappa shape index (κ2) is 8.71. The van der Waals surface area contributed by atoms with Gasteiger partial charge in [0.25, 0.3) is 5.91 Å². The number of ether oxygens (including phenoxy) is 2. The van der Waals surface area contributed by atoms with Crippen LogP contribution >= 0.6 is 11.3 Å². The molecule has 1 N–H and O–H groups in total. The third kappa shape index (κ3) is 4.24. The Hall–Kier alpha value is -3.12. The number of nitrogens with one attached hydrogen (secondary N) is 1. The Bertz CT molecular complexity index is 1070. The Balaban J connectivity index is 1.39. The van der Waals surface area contributed by atoms with E-state index in [1.54, 1.807) is 0 Å². The zero-order chi connectivity index (χ0) is 21.1. The van der Waals surface area contributed by atoms with E-state index in [0.29, 0.717) is 16.3 Å². The quantitative estimate of drug-likeness (QED) is 0.568. The van der Waals surface area contributed by atoms with Crippen molar-refractivity contribution in [1.29, 1.82) is 0 Å². The van der Waals surface area contributed by atoms with E-state index in [1.165, 1.54) is 24.0 Å². The number of amides is 1. The van der Waals surface area contributed by atoms with Crippen LogP contribution in [0.15, 0.2) is 48.5 Å². The fraction of sp³-hybridized carbons (Fsp3) is 0.250. The number of thiophene rings is 1. The molecule has 0 atom stereocenters. The first-order chi connectivity index (χ1) is 14.5. The number of carbonyl (C=O) groups is 2. The van der Waals surface area contributed by atoms with Gasteiger partial charge in [0.1, 0.15) is 10.8 Å². The van der Waals surface area contributed by atoms with Gasteiger partial charge in [-0.2, -0.15) is 0 Å². The van der Waals surface area contributed by atoms with Gasteiger partial charge in [0.05, 0.1) is 12.7 Å². The molecular formula is C24H23NO4S. The topological polar surface area (TPSA) is 64.6 Å². The van der Waals surface area contributed by atoms with E-state index in [-0.39, 0.29) is 12.5 Å². The highest BCUT2D eigenvalue weighted by Crippen LogP contribution is 2.39. The van der Waals surface area contributed by atoms with Crippen molar-refractivity contribution >= 4 is 28.2 Å². The Kier molecular flexibility index (Phi) is 5.86. The van der Waals surface area contributed by atoms with Gasteiger partial charge in [-0.3, -0.25) is 4.79 Å². The predicted octanol–water partition coefficient (Wildman–Crippen LogP) is 5.02. The zero-order valence-electron chi connectivity index (χ0n) is 17.0. The molecule has 1 aliphatic rings. The molecule has 0 radical (unpaired) electrons. The summed E-state index contributed by atoms with van der Waals surface area (Å²) in [6.45, 7) is 1.93. The van der Waals surface area contributed by atoms with Crippen molar-refractivity contribution in [3.63, 3.8) is 0 Å². The van der Waals surface area contributed by atoms with Crippen LogP contribution in [0.25, 0.3) is 11.1 Å². The molecule has 1 amide bonds. The van der Waals surface area contributed by atoms with Crippen molar-refractivity contribution in [2.75, 3.05) is 19.0 Å². The van der Waals surface area contributed by atoms with Crippen LogP contribution in [0.5, 0.6) is 5.75 Å². The van der Waals surface area contributed by atoms with Gasteiger partial charge < -0.3 is 14.8 Å². The summed E-state index contributed by atoms with van der Waals surface area (Å²) in [4.78, 5) is 25.8. The second-order valence-corrected chi connectivity index (χ2v) is 8.39. The zero-order valence-corrected chi connectivity index (χ0v) is 17.8. The molecule has 0 bridgehead atoms. The number of esters is 1. The molecule has 1 aromatic heterocycles. The van der Waals surface area contributed by atoms with Gasteiger partial charge >= 0.3 is 5.97 Å². The van der Waals surface area contributed by atoms with Crippen LogP contribution in [0.1, 0.15) is 32.8 Å². The van der Waals surface area contributed by atoms with Gasteiger partial charge in [0.15, 0.2) is 6.61 Å². The first-order valence-corrected chi connectivity index (χ1v) is 10.7. The highest BCUT2D eigenvalue weighted by Gasteiger charge is 2.28. The lowest BCUT2D eigenvalue weighted by Gasteiger charge is -2.09. The van der Waals surface area contributed by atoms with Crippen LogP contribution in [0.4, 0.5) is 5.00 Å². The minimum Gasteiger partial charge on any atom is -0.484 e. The van der Waals surface area contributed by atoms with E-state index >= 15 is 0 Å². The SMILES string of the molecule is COC(=O)c1c(NC(=O)COc2ccc(-c3ccc(C)cc3)cc2)sc2c1CCC2. The van der Waals surface area contributed by atoms with Crippen molar-refractivity contribution in [3.05, 3.63) is 70.1 Å². The molecule has 2 aromatic carbocycles. The number of anilines is 1. The Morgan fingerprint density at radius 2 is 1.67 bits per heavy atom. The van der Waals surface area contributed by atoms with Gasteiger partial charge in [-0.1, -0.05) is 42.0 Å². The monoisotopic (exact) mass is 421 g/mol. The standard InChI is InChI=1S/C24H23NO4S/c1-15-6-8-16(9-7-15)17-10-12-18(13-11-17)29-14-21(26)25-23-22(24(27)28-2)19-4-3-5-20(19)30-23/h6-13H,3-5,14H2,1-2H3,(H,25,26). The molecule has 0 saturated heterocycles. The lowest BCUT2D eigenvalue weighted by Crippen LogP contribution is -2.21. The maximum Gasteiger partial charge on any atom is 0.341 e. The summed E-state index contributed by atoms with van der Waals surface area (Å²) in [6, 6.07) is 15.9. The number of hydrogen-bond acceptors (Lipinski definition) is 5. The third-order valence-electron chi connectivity index (χ3n) is 5.17. The third-order valence-corrected chi connectivity index (χ3v) is 6.38. The summed E-state index contributed by atoms with van der Waals surface area (Å²) in [5, 5.41) is 3.37. The Morgan fingerprint density at radius 1 is 1.00 bits per heavy atom. The van der Waals surface area contributed by atoms with Crippen LogP contribution in [0.3, 0.4) is 0 Å². The molecule has 3 aromatic rings. The minimum atomic E-state index is -0.405. The Labute approximate surface area is 179 Å². The highest BCUT2D eigenvalue weighted by molar-refractivity contribution is 7.17. The molecular weight excluding hydrogens is 398 g/mol. The molecule has 154 valence electrons. The van der Waals surface area contributed by atoms with Gasteiger partial charge in [-0.25, -0.2) is 4.79 Å².